The number of benzene rings is 2. The van der Waals surface area contributed by atoms with E-state index in [4.69, 9.17) is 21.1 Å². The van der Waals surface area contributed by atoms with Crippen LogP contribution in [0.3, 0.4) is 0 Å². The summed E-state index contributed by atoms with van der Waals surface area (Å²) in [4.78, 5) is 24.0. The lowest BCUT2D eigenvalue weighted by atomic mass is 10.2. The lowest BCUT2D eigenvalue weighted by molar-refractivity contribution is -0.130. The van der Waals surface area contributed by atoms with Gasteiger partial charge in [0.15, 0.2) is 11.5 Å². The third-order valence-electron chi connectivity index (χ3n) is 3.62. The lowest BCUT2D eigenvalue weighted by Gasteiger charge is -2.25. The standard InChI is InChI=1S/C18H17ClN2O4/c19-13-7-5-12(6-8-13)17(22)20-9-10-21-18(23)16-11-24-14-3-1-2-4-15(14)25-16/h1-8,16H,9-11H2,(H,20,22)(H,21,23). The van der Waals surface area contributed by atoms with Crippen LogP contribution in [0.4, 0.5) is 0 Å². The molecule has 0 radical (unpaired) electrons. The highest BCUT2D eigenvalue weighted by atomic mass is 35.5. The van der Waals surface area contributed by atoms with Gasteiger partial charge in [-0.1, -0.05) is 23.7 Å². The van der Waals surface area contributed by atoms with Crippen LogP contribution in [0.1, 0.15) is 10.4 Å². The summed E-state index contributed by atoms with van der Waals surface area (Å²) < 4.78 is 11.1. The molecule has 2 amide bonds. The molecule has 2 N–H and O–H groups in total. The summed E-state index contributed by atoms with van der Waals surface area (Å²) in [7, 11) is 0. The molecule has 0 bridgehead atoms. The van der Waals surface area contributed by atoms with E-state index in [1.54, 1.807) is 36.4 Å². The van der Waals surface area contributed by atoms with Crippen LogP contribution in [0.25, 0.3) is 0 Å². The monoisotopic (exact) mass is 360 g/mol. The average Bonchev–Trinajstić information content (AvgIpc) is 2.65. The van der Waals surface area contributed by atoms with Gasteiger partial charge in [0.25, 0.3) is 11.8 Å². The molecule has 1 unspecified atom stereocenters. The van der Waals surface area contributed by atoms with Gasteiger partial charge < -0.3 is 20.1 Å². The number of carbonyl (C=O) groups excluding carboxylic acids is 2. The second-order valence-corrected chi connectivity index (χ2v) is 5.85. The van der Waals surface area contributed by atoms with E-state index in [1.807, 2.05) is 12.1 Å². The zero-order valence-electron chi connectivity index (χ0n) is 13.3. The number of hydrogen-bond donors (Lipinski definition) is 2. The minimum absolute atomic E-state index is 0.153. The Labute approximate surface area is 150 Å². The molecule has 25 heavy (non-hydrogen) atoms. The normalized spacial score (nSPS) is 15.3. The van der Waals surface area contributed by atoms with Crippen molar-refractivity contribution in [2.75, 3.05) is 19.7 Å². The first-order valence-electron chi connectivity index (χ1n) is 7.83. The number of hydrogen-bond acceptors (Lipinski definition) is 4. The summed E-state index contributed by atoms with van der Waals surface area (Å²) in [5, 5.41) is 6.01. The van der Waals surface area contributed by atoms with Gasteiger partial charge in [-0.05, 0) is 36.4 Å². The summed E-state index contributed by atoms with van der Waals surface area (Å²) in [6.45, 7) is 0.747. The molecule has 1 aliphatic heterocycles. The van der Waals surface area contributed by atoms with E-state index >= 15 is 0 Å². The second-order valence-electron chi connectivity index (χ2n) is 5.42. The van der Waals surface area contributed by atoms with E-state index in [-0.39, 0.29) is 18.4 Å². The number of amides is 2. The van der Waals surface area contributed by atoms with Crippen molar-refractivity contribution in [3.05, 3.63) is 59.1 Å². The van der Waals surface area contributed by atoms with Crippen LogP contribution in [-0.2, 0) is 4.79 Å². The fraction of sp³-hybridized carbons (Fsp3) is 0.222. The van der Waals surface area contributed by atoms with Gasteiger partial charge in [-0.15, -0.1) is 0 Å². The number of fused-ring (bicyclic) bond motifs is 1. The molecular formula is C18H17ClN2O4. The molecular weight excluding hydrogens is 344 g/mol. The van der Waals surface area contributed by atoms with Crippen molar-refractivity contribution in [3.8, 4) is 11.5 Å². The van der Waals surface area contributed by atoms with Crippen LogP contribution >= 0.6 is 11.6 Å². The smallest absolute Gasteiger partial charge is 0.264 e. The van der Waals surface area contributed by atoms with Crippen LogP contribution < -0.4 is 20.1 Å². The van der Waals surface area contributed by atoms with Crippen LogP contribution in [-0.4, -0.2) is 37.6 Å². The van der Waals surface area contributed by atoms with E-state index in [0.717, 1.165) is 0 Å². The average molecular weight is 361 g/mol. The molecule has 1 atom stereocenters. The van der Waals surface area contributed by atoms with E-state index in [1.165, 1.54) is 0 Å². The zero-order valence-corrected chi connectivity index (χ0v) is 14.1. The first kappa shape index (κ1) is 17.1. The summed E-state index contributed by atoms with van der Waals surface area (Å²) in [5.74, 6) is 0.666. The molecule has 130 valence electrons. The molecule has 0 aliphatic carbocycles. The number of carbonyl (C=O) groups is 2. The van der Waals surface area contributed by atoms with Crippen LogP contribution in [0.5, 0.6) is 11.5 Å². The number of halogens is 1. The predicted octanol–water partition coefficient (Wildman–Crippen LogP) is 2.03. The fourth-order valence-corrected chi connectivity index (χ4v) is 2.45. The molecule has 6 nitrogen and oxygen atoms in total. The van der Waals surface area contributed by atoms with Gasteiger partial charge in [0.2, 0.25) is 6.10 Å². The molecule has 1 aliphatic rings. The molecule has 0 spiro atoms. The van der Waals surface area contributed by atoms with Crippen LogP contribution in [0, 0.1) is 0 Å². The molecule has 0 saturated heterocycles. The topological polar surface area (TPSA) is 76.7 Å². The molecule has 3 rings (SSSR count). The highest BCUT2D eigenvalue weighted by molar-refractivity contribution is 6.30. The van der Waals surface area contributed by atoms with Crippen molar-refractivity contribution in [1.29, 1.82) is 0 Å². The van der Waals surface area contributed by atoms with Crippen molar-refractivity contribution in [2.45, 2.75) is 6.10 Å². The van der Waals surface area contributed by atoms with Gasteiger partial charge in [0.05, 0.1) is 0 Å². The number of nitrogens with one attached hydrogen (secondary N) is 2. The van der Waals surface area contributed by atoms with Gasteiger partial charge in [-0.2, -0.15) is 0 Å². The molecule has 7 heteroatoms. The van der Waals surface area contributed by atoms with E-state index < -0.39 is 6.10 Å². The Balaban J connectivity index is 1.41. The quantitative estimate of drug-likeness (QED) is 0.800. The maximum absolute atomic E-state index is 12.1. The van der Waals surface area contributed by atoms with Crippen LogP contribution in [0.2, 0.25) is 5.02 Å². The third-order valence-corrected chi connectivity index (χ3v) is 3.87. The molecule has 2 aromatic rings. The Morgan fingerprint density at radius 1 is 1.00 bits per heavy atom. The fourth-order valence-electron chi connectivity index (χ4n) is 2.33. The van der Waals surface area contributed by atoms with Crippen molar-refractivity contribution < 1.29 is 19.1 Å². The van der Waals surface area contributed by atoms with Crippen LogP contribution in [0.15, 0.2) is 48.5 Å². The largest absolute Gasteiger partial charge is 0.485 e. The highest BCUT2D eigenvalue weighted by Gasteiger charge is 2.26. The highest BCUT2D eigenvalue weighted by Crippen LogP contribution is 2.30. The molecule has 0 saturated carbocycles. The summed E-state index contributed by atoms with van der Waals surface area (Å²) in [5.41, 5.74) is 0.511. The maximum atomic E-state index is 12.1. The SMILES string of the molecule is O=C(NCCNC(=O)C1COc2ccccc2O1)c1ccc(Cl)cc1. The number of ether oxygens (including phenoxy) is 2. The van der Waals surface area contributed by atoms with Crippen molar-refractivity contribution in [3.63, 3.8) is 0 Å². The van der Waals surface area contributed by atoms with Crippen molar-refractivity contribution >= 4 is 23.4 Å². The first-order chi connectivity index (χ1) is 12.1. The van der Waals surface area contributed by atoms with Gasteiger partial charge in [-0.3, -0.25) is 9.59 Å². The summed E-state index contributed by atoms with van der Waals surface area (Å²) in [6.07, 6.45) is -0.707. The first-order valence-corrected chi connectivity index (χ1v) is 8.21. The Hall–Kier alpha value is -2.73. The van der Waals surface area contributed by atoms with Crippen molar-refractivity contribution in [1.82, 2.24) is 10.6 Å². The zero-order chi connectivity index (χ0) is 17.6. The van der Waals surface area contributed by atoms with Gasteiger partial charge in [0.1, 0.15) is 6.61 Å². The Kier molecular flexibility index (Phi) is 5.40. The van der Waals surface area contributed by atoms with Gasteiger partial charge in [-0.25, -0.2) is 0 Å². The molecule has 0 aromatic heterocycles. The molecule has 1 heterocycles. The third kappa shape index (κ3) is 4.42. The van der Waals surface area contributed by atoms with Crippen molar-refractivity contribution in [2.24, 2.45) is 0 Å². The Bertz CT molecular complexity index is 764. The Morgan fingerprint density at radius 3 is 2.44 bits per heavy atom. The van der Waals surface area contributed by atoms with Gasteiger partial charge >= 0.3 is 0 Å². The van der Waals surface area contributed by atoms with E-state index in [0.29, 0.717) is 35.2 Å². The summed E-state index contributed by atoms with van der Waals surface area (Å²) >= 11 is 5.78. The van der Waals surface area contributed by atoms with E-state index in [2.05, 4.69) is 10.6 Å². The maximum Gasteiger partial charge on any atom is 0.264 e. The second kappa shape index (κ2) is 7.90. The summed E-state index contributed by atoms with van der Waals surface area (Å²) in [6, 6.07) is 13.8. The minimum atomic E-state index is -0.707. The minimum Gasteiger partial charge on any atom is -0.485 e. The number of para-hydroxylation sites is 2. The van der Waals surface area contributed by atoms with Gasteiger partial charge in [0, 0.05) is 23.7 Å². The predicted molar refractivity (Wildman–Crippen MR) is 93.1 cm³/mol. The molecule has 2 aromatic carbocycles. The lowest BCUT2D eigenvalue weighted by Crippen LogP contribution is -2.46. The number of rotatable bonds is 5. The Morgan fingerprint density at radius 2 is 1.68 bits per heavy atom. The molecule has 0 fully saturated rings. The van der Waals surface area contributed by atoms with E-state index in [9.17, 15) is 9.59 Å².